The third-order valence-electron chi connectivity index (χ3n) is 4.87. The molecule has 1 heterocycles. The monoisotopic (exact) mass is 408 g/mol. The van der Waals surface area contributed by atoms with Crippen molar-refractivity contribution in [2.75, 3.05) is 0 Å². The molecule has 140 valence electrons. The topological polar surface area (TPSA) is 43.4 Å². The second-order valence-corrected chi connectivity index (χ2v) is 9.93. The van der Waals surface area contributed by atoms with E-state index in [1.54, 1.807) is 18.2 Å². The van der Waals surface area contributed by atoms with Gasteiger partial charge in [0.1, 0.15) is 6.10 Å². The van der Waals surface area contributed by atoms with Crippen molar-refractivity contribution >= 4 is 35.3 Å². The normalized spacial score (nSPS) is 17.3. The van der Waals surface area contributed by atoms with E-state index in [9.17, 15) is 9.36 Å². The fourth-order valence-corrected chi connectivity index (χ4v) is 7.05. The maximum atomic E-state index is 14.8. The summed E-state index contributed by atoms with van der Waals surface area (Å²) >= 11 is 6.08. The van der Waals surface area contributed by atoms with E-state index in [0.717, 1.165) is 16.2 Å². The first-order chi connectivity index (χ1) is 13.6. The molecule has 3 aromatic rings. The fourth-order valence-electron chi connectivity index (χ4n) is 3.59. The summed E-state index contributed by atoms with van der Waals surface area (Å²) in [6, 6.07) is 26.0. The van der Waals surface area contributed by atoms with Gasteiger partial charge in [0.05, 0.1) is 5.66 Å². The molecule has 0 saturated carbocycles. The summed E-state index contributed by atoms with van der Waals surface area (Å²) in [4.78, 5) is 11.8. The number of carbonyl (C=O) groups is 1. The predicted molar refractivity (Wildman–Crippen MR) is 113 cm³/mol. The van der Waals surface area contributed by atoms with Crippen molar-refractivity contribution in [3.63, 3.8) is 0 Å². The molecule has 3 nitrogen and oxygen atoms in total. The number of hydrogen-bond acceptors (Lipinski definition) is 3. The van der Waals surface area contributed by atoms with Gasteiger partial charge < -0.3 is 9.30 Å². The molecule has 0 aromatic heterocycles. The minimum atomic E-state index is -3.22. The van der Waals surface area contributed by atoms with Gasteiger partial charge in [-0.15, -0.1) is 0 Å². The first-order valence-electron chi connectivity index (χ1n) is 8.94. The Labute approximate surface area is 169 Å². The maximum absolute atomic E-state index is 14.8. The molecule has 3 aromatic carbocycles. The summed E-state index contributed by atoms with van der Waals surface area (Å²) in [5.41, 5.74) is 0.252. The van der Waals surface area contributed by atoms with Gasteiger partial charge in [0, 0.05) is 21.7 Å². The van der Waals surface area contributed by atoms with Crippen molar-refractivity contribution in [3.8, 4) is 0 Å². The molecule has 1 aliphatic rings. The van der Waals surface area contributed by atoms with Crippen LogP contribution in [-0.4, -0.2) is 12.1 Å². The first kappa shape index (κ1) is 18.7. The van der Waals surface area contributed by atoms with Gasteiger partial charge in [0.25, 0.3) is 0 Å². The third-order valence-corrected chi connectivity index (χ3v) is 8.63. The Morgan fingerprint density at radius 3 is 1.82 bits per heavy atom. The largest absolute Gasteiger partial charge is 0.454 e. The van der Waals surface area contributed by atoms with Crippen molar-refractivity contribution in [1.82, 2.24) is 0 Å². The van der Waals surface area contributed by atoms with Crippen LogP contribution in [0.5, 0.6) is 0 Å². The highest BCUT2D eigenvalue weighted by Crippen LogP contribution is 2.60. The number of esters is 1. The van der Waals surface area contributed by atoms with Crippen molar-refractivity contribution in [1.29, 1.82) is 0 Å². The summed E-state index contributed by atoms with van der Waals surface area (Å²) in [6.45, 7) is 0. The smallest absolute Gasteiger partial charge is 0.331 e. The molecule has 0 fully saturated rings. The van der Waals surface area contributed by atoms with Crippen LogP contribution in [0.2, 0.25) is 5.02 Å². The molecule has 0 radical (unpaired) electrons. The van der Waals surface area contributed by atoms with E-state index in [4.69, 9.17) is 16.3 Å². The first-order valence-corrected chi connectivity index (χ1v) is 11.1. The van der Waals surface area contributed by atoms with E-state index >= 15 is 0 Å². The lowest BCUT2D eigenvalue weighted by molar-refractivity contribution is -0.138. The van der Waals surface area contributed by atoms with Crippen molar-refractivity contribution in [3.05, 3.63) is 108 Å². The van der Waals surface area contributed by atoms with Crippen LogP contribution in [0.4, 0.5) is 0 Å². The van der Waals surface area contributed by atoms with Crippen LogP contribution in [0, 0.1) is 0 Å². The molecule has 2 atom stereocenters. The molecule has 4 rings (SSSR count). The summed E-state index contributed by atoms with van der Waals surface area (Å²) in [7, 11) is -3.22. The van der Waals surface area contributed by atoms with Crippen LogP contribution in [0.3, 0.4) is 0 Å². The number of hydrogen-bond donors (Lipinski definition) is 0. The third kappa shape index (κ3) is 3.44. The molecular weight excluding hydrogens is 391 g/mol. The molecule has 0 N–H and O–H groups in total. The Bertz CT molecular complexity index is 1000. The van der Waals surface area contributed by atoms with E-state index in [1.165, 1.54) is 6.08 Å². The van der Waals surface area contributed by atoms with Crippen molar-refractivity contribution in [2.24, 2.45) is 0 Å². The number of benzene rings is 3. The molecule has 28 heavy (non-hydrogen) atoms. The zero-order chi connectivity index (χ0) is 19.6. The lowest BCUT2D eigenvalue weighted by atomic mass is 10.1. The molecule has 5 heteroatoms. The van der Waals surface area contributed by atoms with E-state index in [-0.39, 0.29) is 0 Å². The van der Waals surface area contributed by atoms with E-state index in [1.807, 2.05) is 72.8 Å². The maximum Gasteiger partial charge on any atom is 0.331 e. The SMILES string of the molecule is O=C1C=C[C@H]([C@H](c2ccc(Cl)cc2)P(=O)(c2ccccc2)c2ccccc2)O1. The van der Waals surface area contributed by atoms with Gasteiger partial charge in [0.15, 0.2) is 7.14 Å². The summed E-state index contributed by atoms with van der Waals surface area (Å²) in [5, 5.41) is 2.03. The van der Waals surface area contributed by atoms with Gasteiger partial charge in [-0.2, -0.15) is 0 Å². The van der Waals surface area contributed by atoms with Gasteiger partial charge in [-0.25, -0.2) is 4.79 Å². The molecule has 1 aliphatic heterocycles. The molecule has 0 saturated heterocycles. The Kier molecular flexibility index (Phi) is 5.21. The van der Waals surface area contributed by atoms with Gasteiger partial charge in [-0.3, -0.25) is 0 Å². The molecule has 0 amide bonds. The Balaban J connectivity index is 1.96. The van der Waals surface area contributed by atoms with Crippen LogP contribution >= 0.6 is 18.7 Å². The predicted octanol–water partition coefficient (Wildman–Crippen LogP) is 4.88. The average molecular weight is 409 g/mol. The number of carbonyl (C=O) groups excluding carboxylic acids is 1. The minimum Gasteiger partial charge on any atom is -0.454 e. The van der Waals surface area contributed by atoms with Crippen molar-refractivity contribution in [2.45, 2.75) is 11.8 Å². The quantitative estimate of drug-likeness (QED) is 0.446. The number of rotatable bonds is 5. The number of ether oxygens (including phenoxy) is 1. The van der Waals surface area contributed by atoms with Crippen LogP contribution in [-0.2, 0) is 14.1 Å². The summed E-state index contributed by atoms with van der Waals surface area (Å²) in [5.74, 6) is -0.420. The summed E-state index contributed by atoms with van der Waals surface area (Å²) < 4.78 is 20.4. The second-order valence-electron chi connectivity index (χ2n) is 6.59. The standard InChI is InChI=1S/C23H18ClO3P/c24-18-13-11-17(12-14-18)23(21-15-16-22(25)27-21)28(26,19-7-3-1-4-8-19)20-9-5-2-6-10-20/h1-16,21,23H/t21-,23+/m1/s1. The van der Waals surface area contributed by atoms with E-state index in [2.05, 4.69) is 0 Å². The highest BCUT2D eigenvalue weighted by atomic mass is 35.5. The number of cyclic esters (lactones) is 1. The zero-order valence-electron chi connectivity index (χ0n) is 14.9. The Hall–Kier alpha value is -2.61. The Morgan fingerprint density at radius 2 is 1.36 bits per heavy atom. The average Bonchev–Trinajstić information content (AvgIpc) is 3.16. The van der Waals surface area contributed by atoms with Gasteiger partial charge in [0.2, 0.25) is 0 Å². The zero-order valence-corrected chi connectivity index (χ0v) is 16.6. The highest BCUT2D eigenvalue weighted by molar-refractivity contribution is 7.79. The molecule has 0 unspecified atom stereocenters. The van der Waals surface area contributed by atoms with Gasteiger partial charge in [-0.05, 0) is 23.8 Å². The lowest BCUT2D eigenvalue weighted by Crippen LogP contribution is -2.28. The molecule has 0 spiro atoms. The van der Waals surface area contributed by atoms with Gasteiger partial charge >= 0.3 is 5.97 Å². The van der Waals surface area contributed by atoms with Crippen LogP contribution in [0.25, 0.3) is 0 Å². The summed E-state index contributed by atoms with van der Waals surface area (Å²) in [6.07, 6.45) is 2.47. The Morgan fingerprint density at radius 1 is 0.821 bits per heavy atom. The van der Waals surface area contributed by atoms with Crippen molar-refractivity contribution < 1.29 is 14.1 Å². The van der Waals surface area contributed by atoms with Crippen LogP contribution < -0.4 is 10.6 Å². The van der Waals surface area contributed by atoms with Crippen LogP contribution in [0.1, 0.15) is 11.2 Å². The molecular formula is C23H18ClO3P. The minimum absolute atomic E-state index is 0.420. The van der Waals surface area contributed by atoms with Crippen LogP contribution in [0.15, 0.2) is 97.1 Å². The lowest BCUT2D eigenvalue weighted by Gasteiger charge is -2.32. The molecule has 0 aliphatic carbocycles. The highest BCUT2D eigenvalue weighted by Gasteiger charge is 2.44. The van der Waals surface area contributed by atoms with E-state index in [0.29, 0.717) is 5.02 Å². The second kappa shape index (κ2) is 7.79. The molecule has 0 bridgehead atoms. The number of halogens is 1. The van der Waals surface area contributed by atoms with E-state index < -0.39 is 24.9 Å². The fraction of sp³-hybridized carbons (Fsp3) is 0.0870. The van der Waals surface area contributed by atoms with Gasteiger partial charge in [-0.1, -0.05) is 84.4 Å².